The molecular weight excluding hydrogens is 362 g/mol. The molecule has 0 radical (unpaired) electrons. The molecular formula is C23H33N5O. The highest BCUT2D eigenvalue weighted by atomic mass is 16.2. The summed E-state index contributed by atoms with van der Waals surface area (Å²) >= 11 is 0. The van der Waals surface area contributed by atoms with Gasteiger partial charge in [0.1, 0.15) is 11.6 Å². The van der Waals surface area contributed by atoms with Crippen molar-refractivity contribution in [3.05, 3.63) is 47.5 Å². The van der Waals surface area contributed by atoms with Crippen LogP contribution in [0.2, 0.25) is 0 Å². The summed E-state index contributed by atoms with van der Waals surface area (Å²) in [7, 11) is 2.24. The second-order valence-electron chi connectivity index (χ2n) is 8.61. The number of aryl methyl sites for hydroxylation is 3. The Bertz CT molecular complexity index is 833. The van der Waals surface area contributed by atoms with Crippen LogP contribution in [0.15, 0.2) is 30.3 Å². The van der Waals surface area contributed by atoms with E-state index in [9.17, 15) is 4.79 Å². The Kier molecular flexibility index (Phi) is 5.99. The van der Waals surface area contributed by atoms with Crippen LogP contribution in [-0.4, -0.2) is 62.7 Å². The van der Waals surface area contributed by atoms with Gasteiger partial charge in [0.05, 0.1) is 6.54 Å². The van der Waals surface area contributed by atoms with Gasteiger partial charge in [-0.3, -0.25) is 4.79 Å². The van der Waals surface area contributed by atoms with Crippen molar-refractivity contribution >= 4 is 5.91 Å². The number of carbonyl (C=O) groups excluding carboxylic acids is 1. The molecule has 1 aromatic carbocycles. The van der Waals surface area contributed by atoms with Crippen LogP contribution < -0.4 is 0 Å². The summed E-state index contributed by atoms with van der Waals surface area (Å²) in [6.07, 6.45) is 5.03. The molecule has 0 saturated carbocycles. The minimum absolute atomic E-state index is 0.259. The van der Waals surface area contributed by atoms with Crippen LogP contribution in [0.5, 0.6) is 0 Å². The lowest BCUT2D eigenvalue weighted by Crippen LogP contribution is -2.58. The van der Waals surface area contributed by atoms with Crippen LogP contribution in [0, 0.1) is 13.8 Å². The molecule has 3 heterocycles. The first-order valence-corrected chi connectivity index (χ1v) is 11.0. The fourth-order valence-electron chi connectivity index (χ4n) is 5.35. The highest BCUT2D eigenvalue weighted by molar-refractivity contribution is 5.76. The van der Waals surface area contributed by atoms with Crippen molar-refractivity contribution in [1.82, 2.24) is 24.6 Å². The molecule has 0 aliphatic carbocycles. The molecule has 1 amide bonds. The maximum atomic E-state index is 13.3. The number of hydrogen-bond donors (Lipinski definition) is 0. The van der Waals surface area contributed by atoms with Gasteiger partial charge in [-0.2, -0.15) is 5.10 Å². The lowest BCUT2D eigenvalue weighted by Gasteiger charge is -2.48. The second-order valence-corrected chi connectivity index (χ2v) is 8.61. The average Bonchev–Trinajstić information content (AvgIpc) is 2.92. The Labute approximate surface area is 173 Å². The molecule has 0 N–H and O–H groups in total. The van der Waals surface area contributed by atoms with E-state index in [1.54, 1.807) is 0 Å². The highest BCUT2D eigenvalue weighted by Crippen LogP contribution is 2.38. The van der Waals surface area contributed by atoms with Gasteiger partial charge in [-0.1, -0.05) is 36.8 Å². The number of likely N-dealkylation sites (tertiary alicyclic amines) is 2. The van der Waals surface area contributed by atoms with E-state index in [1.165, 1.54) is 18.4 Å². The van der Waals surface area contributed by atoms with Gasteiger partial charge in [-0.05, 0) is 52.3 Å². The fourth-order valence-corrected chi connectivity index (χ4v) is 5.35. The normalized spacial score (nSPS) is 25.5. The van der Waals surface area contributed by atoms with E-state index in [0.29, 0.717) is 31.0 Å². The lowest BCUT2D eigenvalue weighted by molar-refractivity contribution is -0.137. The Morgan fingerprint density at radius 3 is 2.62 bits per heavy atom. The van der Waals surface area contributed by atoms with Crippen molar-refractivity contribution in [1.29, 1.82) is 0 Å². The van der Waals surface area contributed by atoms with Gasteiger partial charge in [-0.25, -0.2) is 9.67 Å². The number of hydrogen-bond acceptors (Lipinski definition) is 4. The second kappa shape index (κ2) is 8.66. The summed E-state index contributed by atoms with van der Waals surface area (Å²) in [6, 6.07) is 11.6. The molecule has 3 atom stereocenters. The molecule has 0 unspecified atom stereocenters. The molecule has 1 aromatic heterocycles. The van der Waals surface area contributed by atoms with Gasteiger partial charge >= 0.3 is 0 Å². The van der Waals surface area contributed by atoms with Crippen LogP contribution in [0.4, 0.5) is 0 Å². The number of piperidine rings is 1. The summed E-state index contributed by atoms with van der Waals surface area (Å²) in [6.45, 7) is 6.42. The third-order valence-electron chi connectivity index (χ3n) is 6.71. The van der Waals surface area contributed by atoms with Crippen molar-refractivity contribution in [2.24, 2.45) is 0 Å². The minimum atomic E-state index is 0.259. The summed E-state index contributed by atoms with van der Waals surface area (Å²) in [5.41, 5.74) is 1.41. The number of rotatable bonds is 4. The molecule has 0 spiro atoms. The van der Waals surface area contributed by atoms with Crippen LogP contribution in [0.1, 0.15) is 55.2 Å². The zero-order valence-corrected chi connectivity index (χ0v) is 17.9. The molecule has 4 rings (SSSR count). The van der Waals surface area contributed by atoms with Crippen LogP contribution >= 0.6 is 0 Å². The van der Waals surface area contributed by atoms with E-state index in [0.717, 1.165) is 37.6 Å². The number of benzene rings is 1. The summed E-state index contributed by atoms with van der Waals surface area (Å²) in [5.74, 6) is 2.40. The van der Waals surface area contributed by atoms with Gasteiger partial charge in [-0.15, -0.1) is 0 Å². The van der Waals surface area contributed by atoms with Crippen molar-refractivity contribution in [3.8, 4) is 0 Å². The predicted octanol–water partition coefficient (Wildman–Crippen LogP) is 3.15. The molecule has 2 aliphatic rings. The monoisotopic (exact) mass is 395 g/mol. The smallest absolute Gasteiger partial charge is 0.224 e. The van der Waals surface area contributed by atoms with Crippen molar-refractivity contribution in [2.75, 3.05) is 20.1 Å². The number of fused-ring (bicyclic) bond motifs is 1. The Morgan fingerprint density at radius 1 is 1.10 bits per heavy atom. The molecule has 6 heteroatoms. The fraction of sp³-hybridized carbons (Fsp3) is 0.609. The first-order chi connectivity index (χ1) is 14.0. The average molecular weight is 396 g/mol. The standard InChI is InChI=1S/C23H33N5O/c1-17-24-18(2)28(25-17)16-13-22(29)27-15-12-20(19-9-5-4-6-10-19)23-21(27)11-7-8-14-26(23)3/h4-6,9-10,20-21,23H,7-8,11-16H2,1-3H3/t20-,21-,23-/m1/s1. The molecule has 2 aromatic rings. The number of likely N-dealkylation sites (N-methyl/N-ethyl adjacent to an activating group) is 1. The predicted molar refractivity (Wildman–Crippen MR) is 114 cm³/mol. The zero-order chi connectivity index (χ0) is 20.4. The van der Waals surface area contributed by atoms with Crippen molar-refractivity contribution in [2.45, 2.75) is 70.5 Å². The molecule has 29 heavy (non-hydrogen) atoms. The van der Waals surface area contributed by atoms with Gasteiger partial charge in [0.15, 0.2) is 0 Å². The SMILES string of the molecule is Cc1nc(C)n(CCC(=O)N2CC[C@H](c3ccccc3)[C@@H]3[C@H]2CCCCN3C)n1. The van der Waals surface area contributed by atoms with Gasteiger partial charge in [0, 0.05) is 31.0 Å². The summed E-state index contributed by atoms with van der Waals surface area (Å²) < 4.78 is 1.86. The Balaban J connectivity index is 1.52. The largest absolute Gasteiger partial charge is 0.338 e. The summed E-state index contributed by atoms with van der Waals surface area (Å²) in [5, 5.41) is 4.41. The summed E-state index contributed by atoms with van der Waals surface area (Å²) in [4.78, 5) is 22.3. The van der Waals surface area contributed by atoms with E-state index in [4.69, 9.17) is 0 Å². The molecule has 2 saturated heterocycles. The van der Waals surface area contributed by atoms with Crippen molar-refractivity contribution < 1.29 is 4.79 Å². The molecule has 6 nitrogen and oxygen atoms in total. The minimum Gasteiger partial charge on any atom is -0.338 e. The topological polar surface area (TPSA) is 54.3 Å². The third kappa shape index (κ3) is 4.22. The van der Waals surface area contributed by atoms with E-state index in [2.05, 4.69) is 57.3 Å². The van der Waals surface area contributed by atoms with Crippen LogP contribution in [0.25, 0.3) is 0 Å². The highest BCUT2D eigenvalue weighted by Gasteiger charge is 2.43. The first kappa shape index (κ1) is 20.1. The van der Waals surface area contributed by atoms with E-state index < -0.39 is 0 Å². The Morgan fingerprint density at radius 2 is 1.90 bits per heavy atom. The maximum Gasteiger partial charge on any atom is 0.224 e. The van der Waals surface area contributed by atoms with E-state index in [-0.39, 0.29) is 5.91 Å². The Hall–Kier alpha value is -2.21. The quantitative estimate of drug-likeness (QED) is 0.798. The van der Waals surface area contributed by atoms with E-state index in [1.807, 2.05) is 18.5 Å². The van der Waals surface area contributed by atoms with Crippen molar-refractivity contribution in [3.63, 3.8) is 0 Å². The van der Waals surface area contributed by atoms with Gasteiger partial charge in [0.25, 0.3) is 0 Å². The van der Waals surface area contributed by atoms with Gasteiger partial charge < -0.3 is 9.80 Å². The molecule has 156 valence electrons. The molecule has 2 aliphatic heterocycles. The first-order valence-electron chi connectivity index (χ1n) is 11.0. The van der Waals surface area contributed by atoms with E-state index >= 15 is 0 Å². The number of aromatic nitrogens is 3. The van der Waals surface area contributed by atoms with Crippen LogP contribution in [0.3, 0.4) is 0 Å². The maximum absolute atomic E-state index is 13.3. The third-order valence-corrected chi connectivity index (χ3v) is 6.71. The molecule has 2 fully saturated rings. The lowest BCUT2D eigenvalue weighted by atomic mass is 9.79. The number of carbonyl (C=O) groups is 1. The van der Waals surface area contributed by atoms with Gasteiger partial charge in [0.2, 0.25) is 5.91 Å². The van der Waals surface area contributed by atoms with Crippen LogP contribution in [-0.2, 0) is 11.3 Å². The zero-order valence-electron chi connectivity index (χ0n) is 17.9. The number of amides is 1. The number of nitrogens with zero attached hydrogens (tertiary/aromatic N) is 5. The molecule has 0 bridgehead atoms.